The van der Waals surface area contributed by atoms with Crippen molar-refractivity contribution in [3.05, 3.63) is 106 Å². The Hall–Kier alpha value is -4.78. The van der Waals surface area contributed by atoms with E-state index in [1.165, 1.54) is 46.6 Å². The number of hydrogen-bond acceptors (Lipinski definition) is 5. The van der Waals surface area contributed by atoms with Gasteiger partial charge in [-0.2, -0.15) is 4.99 Å². The summed E-state index contributed by atoms with van der Waals surface area (Å²) in [5.74, 6) is 0.253. The van der Waals surface area contributed by atoms with E-state index in [1.54, 1.807) is 31.2 Å². The molecule has 0 saturated heterocycles. The molecule has 0 aliphatic rings. The van der Waals surface area contributed by atoms with Gasteiger partial charge < -0.3 is 10.1 Å². The Kier molecular flexibility index (Phi) is 9.42. The van der Waals surface area contributed by atoms with Crippen LogP contribution in [0, 0.1) is 13.8 Å². The minimum absolute atomic E-state index is 0.261. The van der Waals surface area contributed by atoms with Crippen LogP contribution >= 0.6 is 11.3 Å². The van der Waals surface area contributed by atoms with E-state index in [1.807, 2.05) is 23.8 Å². The number of thiazole rings is 1. The number of amides is 2. The minimum Gasteiger partial charge on any atom is -0.406 e. The Bertz CT molecular complexity index is 1890. The molecular formula is C33H32F4N6O2S. The third-order valence-corrected chi connectivity index (χ3v) is 8.17. The molecule has 0 saturated carbocycles. The lowest BCUT2D eigenvalue weighted by Crippen LogP contribution is -2.35. The smallest absolute Gasteiger partial charge is 0.406 e. The number of carbonyl (C=O) groups is 1. The van der Waals surface area contributed by atoms with Crippen LogP contribution in [0.2, 0.25) is 0 Å². The first-order chi connectivity index (χ1) is 21.8. The van der Waals surface area contributed by atoms with E-state index < -0.39 is 24.6 Å². The summed E-state index contributed by atoms with van der Waals surface area (Å²) in [5, 5.41) is 8.97. The van der Waals surface area contributed by atoms with Crippen LogP contribution < -0.4 is 14.9 Å². The van der Waals surface area contributed by atoms with Crippen LogP contribution in [0.5, 0.6) is 5.75 Å². The van der Waals surface area contributed by atoms with Crippen molar-refractivity contribution < 1.29 is 27.1 Å². The van der Waals surface area contributed by atoms with Crippen molar-refractivity contribution in [3.63, 3.8) is 0 Å². The van der Waals surface area contributed by atoms with E-state index in [0.717, 1.165) is 22.5 Å². The Morgan fingerprint density at radius 2 is 1.70 bits per heavy atom. The number of ether oxygens (including phenoxy) is 1. The lowest BCUT2D eigenvalue weighted by molar-refractivity contribution is -0.274. The maximum atomic E-state index is 15.5. The van der Waals surface area contributed by atoms with Crippen molar-refractivity contribution in [2.24, 2.45) is 4.99 Å². The summed E-state index contributed by atoms with van der Waals surface area (Å²) in [6.07, 6.45) is -4.88. The van der Waals surface area contributed by atoms with Crippen molar-refractivity contribution in [1.82, 2.24) is 24.6 Å². The van der Waals surface area contributed by atoms with Crippen LogP contribution in [0.15, 0.2) is 83.4 Å². The fraction of sp³-hybridized carbons (Fsp3) is 0.273. The average molecular weight is 653 g/mol. The lowest BCUT2D eigenvalue weighted by Gasteiger charge is -2.18. The van der Waals surface area contributed by atoms with Gasteiger partial charge in [-0.15, -0.1) is 29.6 Å². The topological polar surface area (TPSA) is 86.3 Å². The van der Waals surface area contributed by atoms with Crippen LogP contribution in [0.4, 0.5) is 22.4 Å². The summed E-state index contributed by atoms with van der Waals surface area (Å²) in [6, 6.07) is 16.4. The first-order valence-corrected chi connectivity index (χ1v) is 15.3. The molecule has 0 bridgehead atoms. The van der Waals surface area contributed by atoms with Crippen molar-refractivity contribution >= 4 is 17.4 Å². The molecule has 3 aromatic carbocycles. The normalized spacial score (nSPS) is 13.6. The van der Waals surface area contributed by atoms with Gasteiger partial charge in [0.1, 0.15) is 18.2 Å². The summed E-state index contributed by atoms with van der Waals surface area (Å²) in [6.45, 7) is 9.77. The largest absolute Gasteiger partial charge is 0.573 e. The van der Waals surface area contributed by atoms with Gasteiger partial charge >= 0.3 is 12.4 Å². The number of nitrogens with zero attached hydrogens (tertiary/aromatic N) is 5. The number of aromatic nitrogens is 4. The highest BCUT2D eigenvalue weighted by Crippen LogP contribution is 2.27. The Morgan fingerprint density at radius 3 is 2.35 bits per heavy atom. The number of hydrogen-bond donors (Lipinski definition) is 1. The third kappa shape index (κ3) is 7.53. The standard InChI is InChI=1S/C33H32F4N6O2S/c1-19(2)27-15-6-20(3)16-28(27)43-21(4)17-46-32(43)40-31(44)39-22(5)29(34)23-7-9-24(10-8-23)30-38-18-42(41-30)25-11-13-26(14-12-25)45-33(35,36)37/h6-19,22,29H,1-5H3,(H,39,44)/b40-32-. The second-order valence-corrected chi connectivity index (χ2v) is 12.0. The van der Waals surface area contributed by atoms with Crippen LogP contribution in [0.1, 0.15) is 55.2 Å². The number of halogens is 4. The number of benzene rings is 3. The zero-order chi connectivity index (χ0) is 33.2. The summed E-state index contributed by atoms with van der Waals surface area (Å²) < 4.78 is 60.0. The van der Waals surface area contributed by atoms with Gasteiger partial charge in [0.05, 0.1) is 17.4 Å². The van der Waals surface area contributed by atoms with E-state index in [-0.39, 0.29) is 11.7 Å². The number of carbonyl (C=O) groups excluding carboxylic acids is 1. The van der Waals surface area contributed by atoms with Gasteiger partial charge in [0.15, 0.2) is 10.6 Å². The van der Waals surface area contributed by atoms with E-state index in [2.05, 4.69) is 57.2 Å². The molecule has 2 unspecified atom stereocenters. The van der Waals surface area contributed by atoms with E-state index in [4.69, 9.17) is 0 Å². The molecule has 240 valence electrons. The van der Waals surface area contributed by atoms with E-state index in [0.29, 0.717) is 27.4 Å². The summed E-state index contributed by atoms with van der Waals surface area (Å²) in [4.78, 5) is 22.0. The van der Waals surface area contributed by atoms with Crippen molar-refractivity contribution in [1.29, 1.82) is 0 Å². The molecule has 5 rings (SSSR count). The first kappa shape index (κ1) is 32.6. The minimum atomic E-state index is -4.78. The van der Waals surface area contributed by atoms with Crippen LogP contribution in [-0.4, -0.2) is 37.8 Å². The molecule has 0 spiro atoms. The molecule has 13 heteroatoms. The summed E-state index contributed by atoms with van der Waals surface area (Å²) >= 11 is 1.34. The van der Waals surface area contributed by atoms with Crippen LogP contribution in [-0.2, 0) is 0 Å². The second kappa shape index (κ2) is 13.3. The highest BCUT2D eigenvalue weighted by molar-refractivity contribution is 7.07. The maximum Gasteiger partial charge on any atom is 0.573 e. The zero-order valence-corrected chi connectivity index (χ0v) is 26.5. The molecular weight excluding hydrogens is 620 g/mol. The van der Waals surface area contributed by atoms with Gasteiger partial charge in [-0.3, -0.25) is 4.57 Å². The number of alkyl halides is 4. The van der Waals surface area contributed by atoms with Gasteiger partial charge in [-0.25, -0.2) is 18.9 Å². The van der Waals surface area contributed by atoms with Crippen molar-refractivity contribution in [3.8, 4) is 28.5 Å². The second-order valence-electron chi connectivity index (χ2n) is 11.1. The Labute approximate surface area is 267 Å². The van der Waals surface area contributed by atoms with Gasteiger partial charge in [0.25, 0.3) is 0 Å². The summed E-state index contributed by atoms with van der Waals surface area (Å²) in [5.41, 5.74) is 5.55. The molecule has 8 nitrogen and oxygen atoms in total. The summed E-state index contributed by atoms with van der Waals surface area (Å²) in [7, 11) is 0. The molecule has 2 heterocycles. The molecule has 2 amide bonds. The Balaban J connectivity index is 1.27. The molecule has 5 aromatic rings. The predicted molar refractivity (Wildman–Crippen MR) is 168 cm³/mol. The fourth-order valence-electron chi connectivity index (χ4n) is 4.91. The highest BCUT2D eigenvalue weighted by atomic mass is 32.1. The van der Waals surface area contributed by atoms with Crippen molar-refractivity contribution in [2.75, 3.05) is 0 Å². The Morgan fingerprint density at radius 1 is 1.00 bits per heavy atom. The number of urea groups is 1. The van der Waals surface area contributed by atoms with E-state index in [9.17, 15) is 18.0 Å². The van der Waals surface area contributed by atoms with Gasteiger partial charge in [0, 0.05) is 16.6 Å². The molecule has 0 aliphatic carbocycles. The molecule has 0 fully saturated rings. The van der Waals surface area contributed by atoms with Gasteiger partial charge in [-0.05, 0) is 73.7 Å². The molecule has 2 atom stereocenters. The quantitative estimate of drug-likeness (QED) is 0.172. The molecule has 46 heavy (non-hydrogen) atoms. The number of rotatable bonds is 8. The van der Waals surface area contributed by atoms with E-state index >= 15 is 4.39 Å². The molecule has 0 aliphatic heterocycles. The number of aryl methyl sites for hydroxylation is 2. The highest BCUT2D eigenvalue weighted by Gasteiger charge is 2.31. The monoisotopic (exact) mass is 652 g/mol. The SMILES string of the molecule is Cc1ccc(C(C)C)c(-n2c(C)cs/c2=N\C(=O)NC(C)C(F)c2ccc(-c3ncn(-c4ccc(OC(F)(F)F)cc4)n3)cc2)c1. The molecule has 0 radical (unpaired) electrons. The predicted octanol–water partition coefficient (Wildman–Crippen LogP) is 8.13. The number of nitrogens with one attached hydrogen (secondary N) is 1. The maximum absolute atomic E-state index is 15.5. The lowest BCUT2D eigenvalue weighted by atomic mass is 9.99. The first-order valence-electron chi connectivity index (χ1n) is 14.4. The van der Waals surface area contributed by atoms with Crippen LogP contribution in [0.3, 0.4) is 0 Å². The zero-order valence-electron chi connectivity index (χ0n) is 25.7. The third-order valence-electron chi connectivity index (χ3n) is 7.23. The van der Waals surface area contributed by atoms with Crippen LogP contribution in [0.25, 0.3) is 22.8 Å². The molecule has 2 aromatic heterocycles. The molecule has 1 N–H and O–H groups in total. The van der Waals surface area contributed by atoms with Gasteiger partial charge in [-0.1, -0.05) is 50.2 Å². The fourth-order valence-corrected chi connectivity index (χ4v) is 5.78. The average Bonchev–Trinajstić information content (AvgIpc) is 3.63. The van der Waals surface area contributed by atoms with Gasteiger partial charge in [0.2, 0.25) is 0 Å². The van der Waals surface area contributed by atoms with Crippen molar-refractivity contribution in [2.45, 2.75) is 59.1 Å².